The number of carbonyl (C=O) groups is 1. The van der Waals surface area contributed by atoms with Crippen LogP contribution in [0.15, 0.2) is 59.2 Å². The van der Waals surface area contributed by atoms with Gasteiger partial charge in [0.2, 0.25) is 0 Å². The Kier molecular flexibility index (Phi) is 3.80. The van der Waals surface area contributed by atoms with Crippen molar-refractivity contribution >= 4 is 38.3 Å². The predicted molar refractivity (Wildman–Crippen MR) is 89.7 cm³/mol. The van der Waals surface area contributed by atoms with E-state index in [1.807, 2.05) is 66.2 Å². The molecule has 0 atom stereocenters. The van der Waals surface area contributed by atoms with Gasteiger partial charge in [0.25, 0.3) is 5.91 Å². The fourth-order valence-electron chi connectivity index (χ4n) is 2.45. The highest BCUT2D eigenvalue weighted by Crippen LogP contribution is 2.30. The zero-order valence-corrected chi connectivity index (χ0v) is 13.2. The van der Waals surface area contributed by atoms with Gasteiger partial charge in [0.15, 0.2) is 0 Å². The smallest absolute Gasteiger partial charge is 0.272 e. The number of aromatic nitrogens is 1. The number of nitrogens with zero attached hydrogens (tertiary/aromatic N) is 1. The first-order valence-electron chi connectivity index (χ1n) is 6.84. The van der Waals surface area contributed by atoms with E-state index in [-0.39, 0.29) is 5.91 Å². The highest BCUT2D eigenvalue weighted by Gasteiger charge is 2.12. The van der Waals surface area contributed by atoms with Crippen LogP contribution in [0.25, 0.3) is 10.8 Å². The molecule has 2 aromatic carbocycles. The number of carbonyl (C=O) groups excluding carboxylic acids is 1. The largest absolute Gasteiger partial charge is 0.344 e. The molecule has 21 heavy (non-hydrogen) atoms. The van der Waals surface area contributed by atoms with Crippen LogP contribution in [0.4, 0.5) is 5.69 Å². The maximum atomic E-state index is 12.4. The number of hydrogen-bond acceptors (Lipinski definition) is 1. The molecule has 0 fully saturated rings. The van der Waals surface area contributed by atoms with E-state index in [0.29, 0.717) is 5.69 Å². The molecule has 0 bridgehead atoms. The third-order valence-electron chi connectivity index (χ3n) is 3.52. The van der Waals surface area contributed by atoms with Crippen LogP contribution in [0.3, 0.4) is 0 Å². The van der Waals surface area contributed by atoms with Gasteiger partial charge in [0, 0.05) is 28.3 Å². The summed E-state index contributed by atoms with van der Waals surface area (Å²) in [6, 6.07) is 15.6. The quantitative estimate of drug-likeness (QED) is 0.736. The molecule has 3 rings (SSSR count). The highest BCUT2D eigenvalue weighted by molar-refractivity contribution is 9.10. The van der Waals surface area contributed by atoms with Gasteiger partial charge in [-0.2, -0.15) is 0 Å². The first kappa shape index (κ1) is 13.9. The number of nitrogens with one attached hydrogen (secondary N) is 1. The number of rotatable bonds is 3. The minimum absolute atomic E-state index is 0.0886. The van der Waals surface area contributed by atoms with Crippen molar-refractivity contribution in [2.24, 2.45) is 0 Å². The third kappa shape index (κ3) is 2.59. The molecule has 0 aliphatic rings. The van der Waals surface area contributed by atoms with Crippen LogP contribution in [-0.4, -0.2) is 10.5 Å². The van der Waals surface area contributed by atoms with Crippen molar-refractivity contribution in [1.82, 2.24) is 4.57 Å². The molecule has 3 nitrogen and oxygen atoms in total. The molecule has 1 heterocycles. The summed E-state index contributed by atoms with van der Waals surface area (Å²) in [5, 5.41) is 5.12. The SMILES string of the molecule is CCn1cccc1C(=O)Nc1ccc(Br)c2ccccc12. The summed E-state index contributed by atoms with van der Waals surface area (Å²) in [5.74, 6) is -0.0886. The molecule has 0 spiro atoms. The van der Waals surface area contributed by atoms with Crippen molar-refractivity contribution in [3.8, 4) is 0 Å². The normalized spacial score (nSPS) is 10.8. The molecule has 4 heteroatoms. The number of hydrogen-bond donors (Lipinski definition) is 1. The molecule has 0 radical (unpaired) electrons. The molecule has 0 saturated heterocycles. The minimum Gasteiger partial charge on any atom is -0.344 e. The fourth-order valence-corrected chi connectivity index (χ4v) is 2.93. The molecule has 106 valence electrons. The lowest BCUT2D eigenvalue weighted by Gasteiger charge is -2.11. The molecule has 0 saturated carbocycles. The highest BCUT2D eigenvalue weighted by atomic mass is 79.9. The van der Waals surface area contributed by atoms with Gasteiger partial charge in [0.05, 0.1) is 0 Å². The first-order valence-corrected chi connectivity index (χ1v) is 7.63. The molecule has 1 N–H and O–H groups in total. The number of anilines is 1. The van der Waals surface area contributed by atoms with Crippen molar-refractivity contribution in [3.05, 3.63) is 64.9 Å². The summed E-state index contributed by atoms with van der Waals surface area (Å²) in [7, 11) is 0. The van der Waals surface area contributed by atoms with E-state index >= 15 is 0 Å². The summed E-state index contributed by atoms with van der Waals surface area (Å²) in [4.78, 5) is 12.4. The van der Waals surface area contributed by atoms with Crippen LogP contribution in [0.2, 0.25) is 0 Å². The zero-order valence-electron chi connectivity index (χ0n) is 11.6. The van der Waals surface area contributed by atoms with Gasteiger partial charge in [-0.15, -0.1) is 0 Å². The second-order valence-corrected chi connectivity index (χ2v) is 5.63. The van der Waals surface area contributed by atoms with E-state index < -0.39 is 0 Å². The maximum absolute atomic E-state index is 12.4. The van der Waals surface area contributed by atoms with E-state index in [1.165, 1.54) is 0 Å². The van der Waals surface area contributed by atoms with Gasteiger partial charge < -0.3 is 9.88 Å². The fraction of sp³-hybridized carbons (Fsp3) is 0.118. The topological polar surface area (TPSA) is 34.0 Å². The lowest BCUT2D eigenvalue weighted by molar-refractivity contribution is 0.101. The Hall–Kier alpha value is -2.07. The van der Waals surface area contributed by atoms with Crippen molar-refractivity contribution in [2.45, 2.75) is 13.5 Å². The van der Waals surface area contributed by atoms with Crippen LogP contribution in [-0.2, 0) is 6.54 Å². The molecular formula is C17H15BrN2O. The summed E-state index contributed by atoms with van der Waals surface area (Å²) in [5.41, 5.74) is 1.49. The van der Waals surface area contributed by atoms with Crippen molar-refractivity contribution in [3.63, 3.8) is 0 Å². The first-order chi connectivity index (χ1) is 10.2. The number of benzene rings is 2. The molecule has 0 aliphatic heterocycles. The Morgan fingerprint density at radius 2 is 1.86 bits per heavy atom. The second kappa shape index (κ2) is 5.74. The Morgan fingerprint density at radius 1 is 1.10 bits per heavy atom. The van der Waals surface area contributed by atoms with E-state index in [4.69, 9.17) is 0 Å². The molecule has 1 amide bonds. The Morgan fingerprint density at radius 3 is 2.62 bits per heavy atom. The van der Waals surface area contributed by atoms with Gasteiger partial charge in [-0.3, -0.25) is 4.79 Å². The molecule has 0 unspecified atom stereocenters. The molecule has 1 aromatic heterocycles. The average molecular weight is 343 g/mol. The van der Waals surface area contributed by atoms with Crippen molar-refractivity contribution in [1.29, 1.82) is 0 Å². The van der Waals surface area contributed by atoms with Crippen LogP contribution in [0, 0.1) is 0 Å². The van der Waals surface area contributed by atoms with Crippen molar-refractivity contribution in [2.75, 3.05) is 5.32 Å². The van der Waals surface area contributed by atoms with Crippen molar-refractivity contribution < 1.29 is 4.79 Å². The second-order valence-electron chi connectivity index (χ2n) is 4.77. The van der Waals surface area contributed by atoms with Gasteiger partial charge >= 0.3 is 0 Å². The van der Waals surface area contributed by atoms with Gasteiger partial charge in [-0.1, -0.05) is 40.2 Å². The number of amides is 1. The lowest BCUT2D eigenvalue weighted by atomic mass is 10.1. The van der Waals surface area contributed by atoms with E-state index in [1.54, 1.807) is 0 Å². The predicted octanol–water partition coefficient (Wildman–Crippen LogP) is 4.68. The van der Waals surface area contributed by atoms with Crippen LogP contribution < -0.4 is 5.32 Å². The van der Waals surface area contributed by atoms with Crippen LogP contribution in [0.5, 0.6) is 0 Å². The van der Waals surface area contributed by atoms with E-state index in [2.05, 4.69) is 21.2 Å². The van der Waals surface area contributed by atoms with Crippen LogP contribution in [0.1, 0.15) is 17.4 Å². The Bertz CT molecular complexity index is 807. The monoisotopic (exact) mass is 342 g/mol. The molecule has 0 aliphatic carbocycles. The van der Waals surface area contributed by atoms with Gasteiger partial charge in [-0.25, -0.2) is 0 Å². The number of aryl methyl sites for hydroxylation is 1. The standard InChI is InChI=1S/C17H15BrN2O/c1-2-20-11-5-8-16(20)17(21)19-15-10-9-14(18)12-6-3-4-7-13(12)15/h3-11H,2H2,1H3,(H,19,21). The summed E-state index contributed by atoms with van der Waals surface area (Å²) < 4.78 is 2.95. The lowest BCUT2D eigenvalue weighted by Crippen LogP contribution is -2.16. The maximum Gasteiger partial charge on any atom is 0.272 e. The minimum atomic E-state index is -0.0886. The Labute approximate surface area is 131 Å². The average Bonchev–Trinajstić information content (AvgIpc) is 2.99. The van der Waals surface area contributed by atoms with E-state index in [0.717, 1.165) is 27.5 Å². The third-order valence-corrected chi connectivity index (χ3v) is 4.21. The van der Waals surface area contributed by atoms with Crippen LogP contribution >= 0.6 is 15.9 Å². The molecule has 3 aromatic rings. The summed E-state index contributed by atoms with van der Waals surface area (Å²) >= 11 is 3.54. The summed E-state index contributed by atoms with van der Waals surface area (Å²) in [6.07, 6.45) is 1.91. The van der Waals surface area contributed by atoms with Gasteiger partial charge in [-0.05, 0) is 36.6 Å². The van der Waals surface area contributed by atoms with Gasteiger partial charge in [0.1, 0.15) is 5.69 Å². The number of fused-ring (bicyclic) bond motifs is 1. The number of halogens is 1. The zero-order chi connectivity index (χ0) is 14.8. The van der Waals surface area contributed by atoms with E-state index in [9.17, 15) is 4.79 Å². The summed E-state index contributed by atoms with van der Waals surface area (Å²) in [6.45, 7) is 2.79. The Balaban J connectivity index is 1.99. The molecular weight excluding hydrogens is 328 g/mol.